The van der Waals surface area contributed by atoms with Gasteiger partial charge in [-0.3, -0.25) is 9.36 Å². The van der Waals surface area contributed by atoms with E-state index in [0.717, 1.165) is 12.8 Å². The van der Waals surface area contributed by atoms with Crippen molar-refractivity contribution in [1.82, 2.24) is 4.57 Å². The molecule has 2 rings (SSSR count). The first kappa shape index (κ1) is 10.1. The maximum atomic E-state index is 10.8. The van der Waals surface area contributed by atoms with E-state index in [2.05, 4.69) is 19.2 Å². The largest absolute Gasteiger partial charge is 0.441 e. The zero-order chi connectivity index (χ0) is 10.8. The number of ether oxygens (including phenoxy) is 1. The Labute approximate surface area is 90.0 Å². The maximum absolute atomic E-state index is 10.8. The molecule has 0 aromatic carbocycles. The molecule has 1 unspecified atom stereocenters. The molecule has 1 atom stereocenters. The van der Waals surface area contributed by atoms with E-state index in [-0.39, 0.29) is 5.97 Å². The normalized spacial score (nSPS) is 16.4. The van der Waals surface area contributed by atoms with Crippen LogP contribution in [0, 0.1) is 19.2 Å². The van der Waals surface area contributed by atoms with Crippen LogP contribution in [0.1, 0.15) is 37.3 Å². The van der Waals surface area contributed by atoms with Gasteiger partial charge in [0.15, 0.2) is 6.23 Å². The number of nitrogens with zero attached hydrogens (tertiary/aromatic N) is 1. The molecule has 0 saturated carbocycles. The average molecular weight is 204 g/mol. The van der Waals surface area contributed by atoms with Gasteiger partial charge < -0.3 is 4.74 Å². The molecule has 3 nitrogen and oxygen atoms in total. The second kappa shape index (κ2) is 3.98. The summed E-state index contributed by atoms with van der Waals surface area (Å²) in [5.74, 6) is -0.318. The molecule has 0 spiro atoms. The van der Waals surface area contributed by atoms with Gasteiger partial charge in [0, 0.05) is 31.3 Å². The third-order valence-electron chi connectivity index (χ3n) is 2.65. The summed E-state index contributed by atoms with van der Waals surface area (Å²) in [5.41, 5.74) is 2.37. The van der Waals surface area contributed by atoms with Crippen molar-refractivity contribution >= 4 is 5.97 Å². The molecule has 0 N–H and O–H groups in total. The highest BCUT2D eigenvalue weighted by atomic mass is 16.6. The molecule has 0 amide bonds. The molecule has 1 aromatic rings. The van der Waals surface area contributed by atoms with Gasteiger partial charge in [-0.25, -0.2) is 0 Å². The standard InChI is InChI=1S/C12H14NO2/c1-9(15-10(2)14)13-8-7-11-5-3-4-6-12(11)13/h9H,1,3-6H2,2H3. The Balaban J connectivity index is 2.20. The van der Waals surface area contributed by atoms with Crippen LogP contribution >= 0.6 is 0 Å². The number of carbonyl (C=O) groups excluding carboxylic acids is 1. The van der Waals surface area contributed by atoms with Gasteiger partial charge >= 0.3 is 5.97 Å². The Kier molecular flexibility index (Phi) is 2.68. The van der Waals surface area contributed by atoms with Crippen molar-refractivity contribution in [3.05, 3.63) is 30.4 Å². The van der Waals surface area contributed by atoms with E-state index in [1.54, 1.807) is 4.57 Å². The van der Waals surface area contributed by atoms with Crippen LogP contribution in [0.2, 0.25) is 0 Å². The van der Waals surface area contributed by atoms with Gasteiger partial charge in [-0.1, -0.05) is 0 Å². The van der Waals surface area contributed by atoms with Crippen molar-refractivity contribution in [2.75, 3.05) is 0 Å². The molecule has 1 aromatic heterocycles. The van der Waals surface area contributed by atoms with E-state index >= 15 is 0 Å². The van der Waals surface area contributed by atoms with Crippen LogP contribution in [0.25, 0.3) is 0 Å². The zero-order valence-electron chi connectivity index (χ0n) is 8.88. The molecule has 1 aliphatic carbocycles. The predicted octanol–water partition coefficient (Wildman–Crippen LogP) is 1.86. The van der Waals surface area contributed by atoms with E-state index < -0.39 is 6.23 Å². The third kappa shape index (κ3) is 1.99. The number of hydrogen-bond acceptors (Lipinski definition) is 2. The number of carbonyl (C=O) groups is 1. The summed E-state index contributed by atoms with van der Waals surface area (Å²) >= 11 is 0. The minimum absolute atomic E-state index is 0.318. The highest BCUT2D eigenvalue weighted by molar-refractivity contribution is 5.66. The average Bonchev–Trinajstić information content (AvgIpc) is 2.59. The molecular formula is C12H14NO2. The summed E-state index contributed by atoms with van der Waals surface area (Å²) in [6.07, 6.45) is 6.89. The lowest BCUT2D eigenvalue weighted by Crippen LogP contribution is -2.16. The van der Waals surface area contributed by atoms with E-state index in [1.165, 1.54) is 31.0 Å². The Morgan fingerprint density at radius 3 is 3.00 bits per heavy atom. The maximum Gasteiger partial charge on any atom is 0.304 e. The molecule has 79 valence electrons. The van der Waals surface area contributed by atoms with Crippen molar-refractivity contribution in [2.24, 2.45) is 0 Å². The fourth-order valence-corrected chi connectivity index (χ4v) is 1.98. The summed E-state index contributed by atoms with van der Waals surface area (Å²) in [6, 6.07) is 3.09. The van der Waals surface area contributed by atoms with Crippen LogP contribution in [0.15, 0.2) is 0 Å². The SMILES string of the molecule is [CH2]C(OC(C)=O)n1c#cc2c1CCCC2. The van der Waals surface area contributed by atoms with Gasteiger partial charge in [0.25, 0.3) is 0 Å². The molecule has 1 radical (unpaired) electrons. The quantitative estimate of drug-likeness (QED) is 0.688. The summed E-state index contributed by atoms with van der Waals surface area (Å²) in [5, 5.41) is 0. The van der Waals surface area contributed by atoms with E-state index in [1.807, 2.05) is 0 Å². The number of aromatic nitrogens is 1. The Morgan fingerprint density at radius 1 is 1.53 bits per heavy atom. The first-order chi connectivity index (χ1) is 7.18. The lowest BCUT2D eigenvalue weighted by atomic mass is 9.98. The van der Waals surface area contributed by atoms with Crippen molar-refractivity contribution in [2.45, 2.75) is 38.8 Å². The minimum atomic E-state index is -0.513. The molecule has 0 bridgehead atoms. The summed E-state index contributed by atoms with van der Waals surface area (Å²) < 4.78 is 6.81. The Bertz CT molecular complexity index is 368. The van der Waals surface area contributed by atoms with Crippen molar-refractivity contribution in [3.63, 3.8) is 0 Å². The molecule has 1 aliphatic rings. The number of esters is 1. The van der Waals surface area contributed by atoms with Crippen molar-refractivity contribution in [1.29, 1.82) is 0 Å². The predicted molar refractivity (Wildman–Crippen MR) is 54.9 cm³/mol. The van der Waals surface area contributed by atoms with Crippen molar-refractivity contribution in [3.8, 4) is 0 Å². The highest BCUT2D eigenvalue weighted by Crippen LogP contribution is 2.22. The fourth-order valence-electron chi connectivity index (χ4n) is 1.98. The molecular weight excluding hydrogens is 190 g/mol. The van der Waals surface area contributed by atoms with Crippen LogP contribution in [0.5, 0.6) is 0 Å². The van der Waals surface area contributed by atoms with Crippen LogP contribution in [-0.2, 0) is 22.4 Å². The summed E-state index contributed by atoms with van der Waals surface area (Å²) in [4.78, 5) is 10.8. The fraction of sp³-hybridized carbons (Fsp3) is 0.500. The topological polar surface area (TPSA) is 31.2 Å². The lowest BCUT2D eigenvalue weighted by Gasteiger charge is -2.18. The monoisotopic (exact) mass is 204 g/mol. The first-order valence-corrected chi connectivity index (χ1v) is 5.21. The molecule has 15 heavy (non-hydrogen) atoms. The zero-order valence-corrected chi connectivity index (χ0v) is 8.88. The van der Waals surface area contributed by atoms with Crippen LogP contribution < -0.4 is 0 Å². The lowest BCUT2D eigenvalue weighted by molar-refractivity contribution is -0.148. The summed E-state index contributed by atoms with van der Waals surface area (Å²) in [6.45, 7) is 5.18. The van der Waals surface area contributed by atoms with E-state index in [9.17, 15) is 4.79 Å². The van der Waals surface area contributed by atoms with Gasteiger partial charge in [0.1, 0.15) is 0 Å². The van der Waals surface area contributed by atoms with Gasteiger partial charge in [0.05, 0.1) is 0 Å². The Hall–Kier alpha value is -1.43. The second-order valence-corrected chi connectivity index (χ2v) is 3.80. The van der Waals surface area contributed by atoms with E-state index in [4.69, 9.17) is 4.74 Å². The van der Waals surface area contributed by atoms with Crippen LogP contribution in [0.4, 0.5) is 0 Å². The first-order valence-electron chi connectivity index (χ1n) is 5.21. The van der Waals surface area contributed by atoms with E-state index in [0.29, 0.717) is 0 Å². The van der Waals surface area contributed by atoms with Crippen LogP contribution in [-0.4, -0.2) is 10.5 Å². The van der Waals surface area contributed by atoms with Crippen molar-refractivity contribution < 1.29 is 9.53 Å². The molecule has 0 fully saturated rings. The third-order valence-corrected chi connectivity index (χ3v) is 2.65. The molecule has 0 saturated heterocycles. The smallest absolute Gasteiger partial charge is 0.304 e. The molecule has 1 heterocycles. The highest BCUT2D eigenvalue weighted by Gasteiger charge is 2.17. The minimum Gasteiger partial charge on any atom is -0.441 e. The van der Waals surface area contributed by atoms with Gasteiger partial charge in [0.2, 0.25) is 0 Å². The second-order valence-electron chi connectivity index (χ2n) is 3.80. The number of rotatable bonds is 2. The van der Waals surface area contributed by atoms with Gasteiger partial charge in [-0.2, -0.15) is 0 Å². The van der Waals surface area contributed by atoms with Crippen LogP contribution in [0.3, 0.4) is 0 Å². The van der Waals surface area contributed by atoms with Gasteiger partial charge in [-0.15, -0.1) is 0 Å². The Morgan fingerprint density at radius 2 is 2.27 bits per heavy atom. The van der Waals surface area contributed by atoms with Gasteiger partial charge in [-0.05, 0) is 31.7 Å². The summed E-state index contributed by atoms with van der Waals surface area (Å²) in [7, 11) is 0. The number of fused-ring (bicyclic) bond motifs is 1. The molecule has 3 heteroatoms. The molecule has 0 aliphatic heterocycles. The number of hydrogen-bond donors (Lipinski definition) is 0.